The maximum Gasteiger partial charge on any atom is 0.187 e. The summed E-state index contributed by atoms with van der Waals surface area (Å²) in [5, 5.41) is 15.8. The van der Waals surface area contributed by atoms with Crippen molar-refractivity contribution in [2.75, 3.05) is 5.32 Å². The Morgan fingerprint density at radius 1 is 0.758 bits per heavy atom. The number of carbonyl (C=O) groups excluding carboxylic acids is 1. The average Bonchev–Trinajstić information content (AvgIpc) is 2.87. The van der Waals surface area contributed by atoms with E-state index in [1.54, 1.807) is 18.2 Å². The maximum absolute atomic E-state index is 13.1. The van der Waals surface area contributed by atoms with E-state index >= 15 is 0 Å². The van der Waals surface area contributed by atoms with Gasteiger partial charge < -0.3 is 10.4 Å². The van der Waals surface area contributed by atoms with Crippen LogP contribution in [0.4, 0.5) is 5.69 Å². The molecular weight excluding hydrogens is 430 g/mol. The van der Waals surface area contributed by atoms with Gasteiger partial charge in [0.15, 0.2) is 5.78 Å². The van der Waals surface area contributed by atoms with Crippen LogP contribution in [0.15, 0.2) is 127 Å². The Morgan fingerprint density at radius 3 is 1.79 bits per heavy atom. The number of hydrogen-bond donors (Lipinski definition) is 2. The minimum Gasteiger partial charge on any atom is -0.380 e. The first-order valence-electron chi connectivity index (χ1n) is 10.7. The number of hydrogen-bond acceptors (Lipinski definition) is 3. The third kappa shape index (κ3) is 5.40. The van der Waals surface area contributed by atoms with Crippen molar-refractivity contribution in [1.82, 2.24) is 0 Å². The predicted molar refractivity (Wildman–Crippen MR) is 134 cm³/mol. The molecular formula is C29H24ClNO2. The van der Waals surface area contributed by atoms with E-state index in [0.29, 0.717) is 22.0 Å². The van der Waals surface area contributed by atoms with Gasteiger partial charge in [-0.1, -0.05) is 115 Å². The number of carbonyl (C=O) groups is 1. The smallest absolute Gasteiger partial charge is 0.187 e. The largest absolute Gasteiger partial charge is 0.380 e. The third-order valence-electron chi connectivity index (χ3n) is 5.48. The number of aliphatic hydroxyl groups is 1. The molecule has 0 aromatic heterocycles. The SMILES string of the molecule is O=C(/C=C(\CC(O)(c1ccccc1)c1ccccc1)Nc1ccccc1Cl)c1ccccc1. The summed E-state index contributed by atoms with van der Waals surface area (Å²) in [7, 11) is 0. The predicted octanol–water partition coefficient (Wildman–Crippen LogP) is 6.84. The Hall–Kier alpha value is -3.66. The van der Waals surface area contributed by atoms with Crippen molar-refractivity contribution in [1.29, 1.82) is 0 Å². The minimum atomic E-state index is -1.36. The topological polar surface area (TPSA) is 49.3 Å². The number of benzene rings is 4. The summed E-state index contributed by atoms with van der Waals surface area (Å²) in [4.78, 5) is 13.1. The Morgan fingerprint density at radius 2 is 1.24 bits per heavy atom. The molecule has 4 heteroatoms. The average molecular weight is 454 g/mol. The highest BCUT2D eigenvalue weighted by Gasteiger charge is 2.33. The van der Waals surface area contributed by atoms with Gasteiger partial charge in [-0.05, 0) is 23.3 Å². The van der Waals surface area contributed by atoms with E-state index < -0.39 is 5.60 Å². The van der Waals surface area contributed by atoms with Gasteiger partial charge in [-0.2, -0.15) is 0 Å². The number of ketones is 1. The Balaban J connectivity index is 1.79. The van der Waals surface area contributed by atoms with Crippen LogP contribution in [-0.4, -0.2) is 10.9 Å². The molecule has 0 spiro atoms. The second kappa shape index (κ2) is 10.3. The molecule has 0 amide bonds. The van der Waals surface area contributed by atoms with Gasteiger partial charge in [0.1, 0.15) is 5.60 Å². The fourth-order valence-electron chi connectivity index (χ4n) is 3.79. The van der Waals surface area contributed by atoms with Gasteiger partial charge in [0.05, 0.1) is 10.7 Å². The van der Waals surface area contributed by atoms with Crippen LogP contribution in [0.3, 0.4) is 0 Å². The zero-order valence-corrected chi connectivity index (χ0v) is 18.7. The molecule has 0 unspecified atom stereocenters. The highest BCUT2D eigenvalue weighted by atomic mass is 35.5. The van der Waals surface area contributed by atoms with Crippen molar-refractivity contribution >= 4 is 23.1 Å². The number of rotatable bonds is 8. The molecule has 0 atom stereocenters. The zero-order valence-electron chi connectivity index (χ0n) is 18.0. The lowest BCUT2D eigenvalue weighted by molar-refractivity contribution is 0.0812. The summed E-state index contributed by atoms with van der Waals surface area (Å²) in [6.45, 7) is 0. The number of para-hydroxylation sites is 1. The van der Waals surface area contributed by atoms with E-state index in [2.05, 4.69) is 5.32 Å². The Bertz CT molecular complexity index is 1200. The van der Waals surface area contributed by atoms with Crippen LogP contribution in [0.5, 0.6) is 0 Å². The van der Waals surface area contributed by atoms with E-state index in [1.807, 2.05) is 97.1 Å². The third-order valence-corrected chi connectivity index (χ3v) is 5.81. The van der Waals surface area contributed by atoms with Gasteiger partial charge in [0.25, 0.3) is 0 Å². The molecule has 164 valence electrons. The lowest BCUT2D eigenvalue weighted by Crippen LogP contribution is -2.29. The van der Waals surface area contributed by atoms with E-state index in [0.717, 1.165) is 11.1 Å². The van der Waals surface area contributed by atoms with E-state index in [9.17, 15) is 9.90 Å². The molecule has 0 saturated carbocycles. The van der Waals surface area contributed by atoms with Crippen molar-refractivity contribution in [2.24, 2.45) is 0 Å². The molecule has 0 aliphatic rings. The van der Waals surface area contributed by atoms with Gasteiger partial charge in [-0.3, -0.25) is 4.79 Å². The highest BCUT2D eigenvalue weighted by molar-refractivity contribution is 6.33. The van der Waals surface area contributed by atoms with Crippen molar-refractivity contribution < 1.29 is 9.90 Å². The molecule has 4 rings (SSSR count). The van der Waals surface area contributed by atoms with Crippen molar-refractivity contribution in [3.05, 3.63) is 149 Å². The van der Waals surface area contributed by atoms with E-state index in [4.69, 9.17) is 11.6 Å². The number of nitrogens with one attached hydrogen (secondary N) is 1. The first kappa shape index (κ1) is 22.5. The molecule has 0 fully saturated rings. The van der Waals surface area contributed by atoms with Crippen LogP contribution in [-0.2, 0) is 5.60 Å². The van der Waals surface area contributed by atoms with Crippen LogP contribution in [0.25, 0.3) is 0 Å². The van der Waals surface area contributed by atoms with Crippen LogP contribution >= 0.6 is 11.6 Å². The summed E-state index contributed by atoms with van der Waals surface area (Å²) >= 11 is 6.39. The summed E-state index contributed by atoms with van der Waals surface area (Å²) in [5.41, 5.74) is 1.88. The summed E-state index contributed by atoms with van der Waals surface area (Å²) in [6.07, 6.45) is 1.68. The van der Waals surface area contributed by atoms with E-state index in [-0.39, 0.29) is 12.2 Å². The molecule has 0 aliphatic carbocycles. The van der Waals surface area contributed by atoms with Crippen LogP contribution < -0.4 is 5.32 Å². The molecule has 33 heavy (non-hydrogen) atoms. The fourth-order valence-corrected chi connectivity index (χ4v) is 3.97. The van der Waals surface area contributed by atoms with Crippen molar-refractivity contribution in [2.45, 2.75) is 12.0 Å². The lowest BCUT2D eigenvalue weighted by atomic mass is 9.82. The maximum atomic E-state index is 13.1. The standard InChI is InChI=1S/C29H24ClNO2/c30-26-18-10-11-19-27(26)31-25(20-28(32)22-12-4-1-5-13-22)21-29(33,23-14-6-2-7-15-23)24-16-8-3-9-17-24/h1-20,31,33H,21H2/b25-20+. The molecule has 0 bridgehead atoms. The highest BCUT2D eigenvalue weighted by Crippen LogP contribution is 2.36. The molecule has 0 radical (unpaired) electrons. The molecule has 3 nitrogen and oxygen atoms in total. The number of halogens is 1. The van der Waals surface area contributed by atoms with Crippen LogP contribution in [0, 0.1) is 0 Å². The van der Waals surface area contributed by atoms with Gasteiger partial charge in [0, 0.05) is 23.8 Å². The summed E-state index contributed by atoms with van der Waals surface area (Å²) in [6, 6.07) is 35.3. The molecule has 4 aromatic carbocycles. The normalized spacial score (nSPS) is 11.8. The number of anilines is 1. The van der Waals surface area contributed by atoms with Gasteiger partial charge >= 0.3 is 0 Å². The second-order valence-electron chi connectivity index (χ2n) is 7.77. The van der Waals surface area contributed by atoms with Crippen LogP contribution in [0.2, 0.25) is 5.02 Å². The lowest BCUT2D eigenvalue weighted by Gasteiger charge is -2.31. The Labute approximate surface area is 199 Å². The van der Waals surface area contributed by atoms with E-state index in [1.165, 1.54) is 6.08 Å². The Kier molecular flexibility index (Phi) is 7.04. The van der Waals surface area contributed by atoms with Gasteiger partial charge in [0.2, 0.25) is 0 Å². The molecule has 2 N–H and O–H groups in total. The second-order valence-corrected chi connectivity index (χ2v) is 8.18. The zero-order chi connectivity index (χ0) is 23.1. The van der Waals surface area contributed by atoms with Crippen LogP contribution in [0.1, 0.15) is 27.9 Å². The van der Waals surface area contributed by atoms with Gasteiger partial charge in [-0.15, -0.1) is 0 Å². The summed E-state index contributed by atoms with van der Waals surface area (Å²) in [5.74, 6) is -0.159. The number of allylic oxidation sites excluding steroid dienone is 1. The molecule has 0 saturated heterocycles. The van der Waals surface area contributed by atoms with Crippen molar-refractivity contribution in [3.8, 4) is 0 Å². The molecule has 4 aromatic rings. The first-order chi connectivity index (χ1) is 16.1. The first-order valence-corrected chi connectivity index (χ1v) is 11.1. The quantitative estimate of drug-likeness (QED) is 0.226. The van der Waals surface area contributed by atoms with Gasteiger partial charge in [-0.25, -0.2) is 0 Å². The summed E-state index contributed by atoms with van der Waals surface area (Å²) < 4.78 is 0. The fraction of sp³-hybridized carbons (Fsp3) is 0.0690. The molecule has 0 aliphatic heterocycles. The van der Waals surface area contributed by atoms with Crippen molar-refractivity contribution in [3.63, 3.8) is 0 Å². The molecule has 0 heterocycles. The monoisotopic (exact) mass is 453 g/mol. The minimum absolute atomic E-state index is 0.144.